The third-order valence-corrected chi connectivity index (χ3v) is 6.54. The monoisotopic (exact) mass is 491 g/mol. The van der Waals surface area contributed by atoms with Gasteiger partial charge in [-0.05, 0) is 68.1 Å². The van der Waals surface area contributed by atoms with Gasteiger partial charge in [0.25, 0.3) is 0 Å². The first-order valence-corrected chi connectivity index (χ1v) is 12.2. The van der Waals surface area contributed by atoms with Crippen molar-refractivity contribution in [3.05, 3.63) is 64.6 Å². The van der Waals surface area contributed by atoms with Crippen LogP contribution in [0.1, 0.15) is 50.1 Å². The van der Waals surface area contributed by atoms with E-state index in [2.05, 4.69) is 29.0 Å². The number of nitrogens with zero attached hydrogens (tertiary/aromatic N) is 1. The average Bonchev–Trinajstić information content (AvgIpc) is 3.16. The Bertz CT molecular complexity index is 1160. The largest absolute Gasteiger partial charge is 0.489 e. The van der Waals surface area contributed by atoms with Gasteiger partial charge in [0.1, 0.15) is 18.2 Å². The molecule has 4 rings (SSSR count). The molecular weight excluding hydrogens is 458 g/mol. The first kappa shape index (κ1) is 25.5. The zero-order chi connectivity index (χ0) is 25.1. The Kier molecular flexibility index (Phi) is 8.02. The highest BCUT2D eigenvalue weighted by Crippen LogP contribution is 2.44. The number of hydrogen-bond acceptors (Lipinski definition) is 3. The number of nitrogens with one attached hydrogen (secondary N) is 2. The summed E-state index contributed by atoms with van der Waals surface area (Å²) in [5.41, 5.74) is 2.24. The Morgan fingerprint density at radius 3 is 2.69 bits per heavy atom. The van der Waals surface area contributed by atoms with E-state index in [0.717, 1.165) is 16.5 Å². The molecule has 190 valence electrons. The highest BCUT2D eigenvalue weighted by molar-refractivity contribution is 5.85. The number of halogens is 4. The number of H-pyrrole nitrogens is 1. The fourth-order valence-corrected chi connectivity index (χ4v) is 5.01. The maximum Gasteiger partial charge on any atom is 0.173 e. The number of fused-ring (bicyclic) bond motifs is 3. The molecule has 2 aromatic carbocycles. The Morgan fingerprint density at radius 2 is 1.94 bits per heavy atom. The van der Waals surface area contributed by atoms with E-state index in [1.54, 1.807) is 6.07 Å². The molecule has 2 N–H and O–H groups in total. The molecule has 4 nitrogen and oxygen atoms in total. The summed E-state index contributed by atoms with van der Waals surface area (Å²) in [7, 11) is 0. The van der Waals surface area contributed by atoms with Crippen LogP contribution in [0, 0.1) is 23.4 Å². The van der Waals surface area contributed by atoms with Crippen LogP contribution in [0.5, 0.6) is 5.75 Å². The minimum absolute atomic E-state index is 0.0137. The van der Waals surface area contributed by atoms with Gasteiger partial charge in [-0.2, -0.15) is 0 Å². The number of hydrogen-bond donors (Lipinski definition) is 2. The van der Waals surface area contributed by atoms with Crippen molar-refractivity contribution in [2.75, 3.05) is 32.9 Å². The van der Waals surface area contributed by atoms with Gasteiger partial charge in [0, 0.05) is 35.7 Å². The second kappa shape index (κ2) is 11.0. The van der Waals surface area contributed by atoms with E-state index >= 15 is 8.78 Å². The number of aromatic nitrogens is 1. The lowest BCUT2D eigenvalue weighted by molar-refractivity contribution is 0.125. The highest BCUT2D eigenvalue weighted by atomic mass is 19.1. The molecule has 35 heavy (non-hydrogen) atoms. The summed E-state index contributed by atoms with van der Waals surface area (Å²) in [6, 6.07) is 6.34. The maximum atomic E-state index is 15.9. The van der Waals surface area contributed by atoms with E-state index in [1.807, 2.05) is 6.92 Å². The van der Waals surface area contributed by atoms with Crippen molar-refractivity contribution in [1.82, 2.24) is 15.2 Å². The normalized spacial score (nSPS) is 18.4. The molecule has 0 bridgehead atoms. The van der Waals surface area contributed by atoms with Crippen LogP contribution >= 0.6 is 0 Å². The molecule has 2 atom stereocenters. The van der Waals surface area contributed by atoms with Crippen LogP contribution in [0.3, 0.4) is 0 Å². The average molecular weight is 492 g/mol. The van der Waals surface area contributed by atoms with Crippen LogP contribution < -0.4 is 10.1 Å². The molecule has 8 heteroatoms. The lowest BCUT2D eigenvalue weighted by Gasteiger charge is -2.42. The van der Waals surface area contributed by atoms with Gasteiger partial charge in [-0.1, -0.05) is 13.8 Å². The second-order valence-corrected chi connectivity index (χ2v) is 9.67. The fraction of sp³-hybridized carbons (Fsp3) is 0.481. The first-order valence-electron chi connectivity index (χ1n) is 12.2. The summed E-state index contributed by atoms with van der Waals surface area (Å²) in [4.78, 5) is 5.45. The molecular formula is C27H33F4N3O. The summed E-state index contributed by atoms with van der Waals surface area (Å²) in [5, 5.41) is 3.77. The maximum absolute atomic E-state index is 15.9. The molecule has 0 saturated heterocycles. The summed E-state index contributed by atoms with van der Waals surface area (Å²) >= 11 is 0. The minimum Gasteiger partial charge on any atom is -0.489 e. The molecule has 0 fully saturated rings. The van der Waals surface area contributed by atoms with Crippen molar-refractivity contribution < 1.29 is 22.3 Å². The van der Waals surface area contributed by atoms with Crippen LogP contribution in [0.15, 0.2) is 30.3 Å². The Labute approximate surface area is 203 Å². The molecule has 0 amide bonds. The Balaban J connectivity index is 1.75. The van der Waals surface area contributed by atoms with Gasteiger partial charge in [0.05, 0.1) is 18.3 Å². The van der Waals surface area contributed by atoms with E-state index < -0.39 is 24.4 Å². The number of ether oxygens (including phenoxy) is 1. The molecule has 0 saturated carbocycles. The Morgan fingerprint density at radius 1 is 1.14 bits per heavy atom. The number of alkyl halides is 1. The number of aromatic amines is 1. The van der Waals surface area contributed by atoms with Gasteiger partial charge < -0.3 is 15.0 Å². The van der Waals surface area contributed by atoms with Crippen molar-refractivity contribution in [2.45, 2.75) is 45.7 Å². The second-order valence-electron chi connectivity index (χ2n) is 9.67. The van der Waals surface area contributed by atoms with Crippen LogP contribution in [-0.2, 0) is 6.42 Å². The van der Waals surface area contributed by atoms with Crippen molar-refractivity contribution in [2.24, 2.45) is 5.92 Å². The van der Waals surface area contributed by atoms with Gasteiger partial charge in [-0.25, -0.2) is 13.2 Å². The molecule has 0 spiro atoms. The first-order chi connectivity index (χ1) is 16.8. The smallest absolute Gasteiger partial charge is 0.173 e. The van der Waals surface area contributed by atoms with Gasteiger partial charge in [0.15, 0.2) is 11.6 Å². The minimum atomic E-state index is -0.739. The van der Waals surface area contributed by atoms with Crippen LogP contribution in [-0.4, -0.2) is 48.8 Å². The van der Waals surface area contributed by atoms with E-state index in [4.69, 9.17) is 4.74 Å². The highest BCUT2D eigenvalue weighted by Gasteiger charge is 2.39. The third-order valence-electron chi connectivity index (χ3n) is 6.54. The van der Waals surface area contributed by atoms with Gasteiger partial charge >= 0.3 is 0 Å². The molecule has 1 aromatic heterocycles. The van der Waals surface area contributed by atoms with Crippen LogP contribution in [0.25, 0.3) is 10.9 Å². The van der Waals surface area contributed by atoms with Gasteiger partial charge in [-0.3, -0.25) is 9.29 Å². The van der Waals surface area contributed by atoms with Gasteiger partial charge in [0.2, 0.25) is 0 Å². The molecule has 0 aliphatic carbocycles. The molecule has 1 aliphatic rings. The predicted molar refractivity (Wildman–Crippen MR) is 130 cm³/mol. The van der Waals surface area contributed by atoms with E-state index in [0.29, 0.717) is 38.2 Å². The van der Waals surface area contributed by atoms with E-state index in [-0.39, 0.29) is 35.7 Å². The SMILES string of the molecule is CC(C)CN1[C@H](c2c(F)ccc(OCCNCCCF)c2F)c2[nH]c3ccc(F)cc3c2C[C@H]1C. The molecule has 3 aromatic rings. The van der Waals surface area contributed by atoms with Crippen molar-refractivity contribution in [1.29, 1.82) is 0 Å². The van der Waals surface area contributed by atoms with E-state index in [1.165, 1.54) is 24.3 Å². The molecule has 1 aliphatic heterocycles. The number of rotatable bonds is 10. The third kappa shape index (κ3) is 5.33. The van der Waals surface area contributed by atoms with Crippen LogP contribution in [0.2, 0.25) is 0 Å². The van der Waals surface area contributed by atoms with Crippen molar-refractivity contribution in [3.8, 4) is 5.75 Å². The zero-order valence-electron chi connectivity index (χ0n) is 20.4. The molecule has 0 unspecified atom stereocenters. The summed E-state index contributed by atoms with van der Waals surface area (Å²) < 4.78 is 63.1. The summed E-state index contributed by atoms with van der Waals surface area (Å²) in [6.45, 7) is 7.51. The van der Waals surface area contributed by atoms with Gasteiger partial charge in [-0.15, -0.1) is 0 Å². The quantitative estimate of drug-likeness (QED) is 0.274. The summed E-state index contributed by atoms with van der Waals surface area (Å²) in [6.07, 6.45) is 1.04. The topological polar surface area (TPSA) is 40.3 Å². The lowest BCUT2D eigenvalue weighted by Crippen LogP contribution is -2.45. The van der Waals surface area contributed by atoms with Crippen molar-refractivity contribution >= 4 is 10.9 Å². The van der Waals surface area contributed by atoms with Crippen LogP contribution in [0.4, 0.5) is 17.6 Å². The summed E-state index contributed by atoms with van der Waals surface area (Å²) in [5.74, 6) is -1.50. The van der Waals surface area contributed by atoms with E-state index in [9.17, 15) is 8.78 Å². The molecule has 2 heterocycles. The molecule has 0 radical (unpaired) electrons. The predicted octanol–water partition coefficient (Wildman–Crippen LogP) is 5.91. The Hall–Kier alpha value is -2.58. The standard InChI is InChI=1S/C27H33F4N3O/c1-16(2)15-34-17(3)13-20-19-14-18(29)5-7-22(19)33-26(20)27(34)24-21(30)6-8-23(25(24)31)35-12-11-32-10-4-9-28/h5-8,14,16-17,27,32-33H,4,9-13,15H2,1-3H3/t17-,27-/m1/s1. The van der Waals surface area contributed by atoms with Crippen molar-refractivity contribution in [3.63, 3.8) is 0 Å². The number of benzene rings is 2. The zero-order valence-corrected chi connectivity index (χ0v) is 20.4. The lowest BCUT2D eigenvalue weighted by atomic mass is 9.87. The fourth-order valence-electron chi connectivity index (χ4n) is 5.01.